The number of hydrogen-bond donors (Lipinski definition) is 7. The second kappa shape index (κ2) is 56.0. The Balaban J connectivity index is 0.000000727. The standard InChI is InChI=1S/C17H17ClN2O2S.C16H13ClN2O2.C16H15ClN2.C9H11N3O2.C9H8N2O2.C7H6BrCl.C6H7N3O2.C3H6O.CH2Cl2.ClH.Na.HO4P.H2.H/c1-12-10-20(11-13-3-5-14(18)6-4-13)17-9-15(7-8-16(12)17)19-23(2,21)22;1-11-9-18(10-12-2-4-13(17)5-3-12)16-8-14(19(20)21)6-7-15(11)16;1-11-9-19(10-12-2-4-13(17)5-3-12)16-8-14(18)6-7-15(11)16;1-2-6-10-11-8-4-3-5-9(7-8)12(13)14;1-6-5-10-9-4-7(11(12)13)2-3-8(6)9;8-5-6-1-3-7(9)4-2-6;7-8-5-2-1-3-6(4-5)9(10)11;1-2-3-4;2-1-3;;;1-4-5(2)3;;/h3-10,19H,11H2,1-2H3;2-9H,10H2,1H3;2-9H,10,18H2,1H3;3-7,11H,2H2,1H3;2-5,10H,1H3;1-4H,5H2;1-4,8H,7H2;3H,2H2,1H3;1H2;1H;;1H;1H;/q;;;;;;;;;;+1;;;-1. The van der Waals surface area contributed by atoms with Gasteiger partial charge in [-0.2, -0.15) is 5.10 Å². The number of H-pyrrole nitrogens is 1. The van der Waals surface area contributed by atoms with Gasteiger partial charge >= 0.3 is 37.8 Å². The van der Waals surface area contributed by atoms with Crippen molar-refractivity contribution in [1.82, 2.24) is 18.7 Å². The first-order valence-electron chi connectivity index (χ1n) is 36.2. The molecule has 0 fully saturated rings. The van der Waals surface area contributed by atoms with Gasteiger partial charge in [0.1, 0.15) is 6.29 Å². The average Bonchev–Trinajstić information content (AvgIpc) is 1.67. The number of aromatic nitrogens is 4. The van der Waals surface area contributed by atoms with Crippen LogP contribution in [0.1, 0.15) is 74.1 Å². The molecule has 124 heavy (non-hydrogen) atoms. The van der Waals surface area contributed by atoms with E-state index in [2.05, 4.69) is 92.9 Å². The minimum Gasteiger partial charge on any atom is -1.00 e. The number of anilines is 4. The number of halogens is 8. The van der Waals surface area contributed by atoms with Gasteiger partial charge in [-0.1, -0.05) is 149 Å². The number of hydrazone groups is 1. The van der Waals surface area contributed by atoms with Crippen molar-refractivity contribution in [2.24, 2.45) is 10.9 Å². The smallest absolute Gasteiger partial charge is 1.00 e. The third kappa shape index (κ3) is 37.4. The number of aldehydes is 1. The first-order valence-corrected chi connectivity index (χ1v) is 42.9. The van der Waals surface area contributed by atoms with Gasteiger partial charge in [0, 0.05) is 164 Å². The topological polar surface area (TPSA) is 424 Å². The van der Waals surface area contributed by atoms with Crippen molar-refractivity contribution in [1.29, 1.82) is 0 Å². The number of carbonyl (C=O) groups excluding carboxylic acids is 1. The summed E-state index contributed by atoms with van der Waals surface area (Å²) in [5.41, 5.74) is 26.9. The van der Waals surface area contributed by atoms with E-state index in [1.807, 2.05) is 161 Å². The van der Waals surface area contributed by atoms with Gasteiger partial charge < -0.3 is 41.0 Å². The fourth-order valence-corrected chi connectivity index (χ4v) is 12.6. The maximum Gasteiger partial charge on any atom is 1.00 e. The molecule has 29 nitrogen and oxygen atoms in total. The average molecular weight is 1950 g/mol. The molecule has 0 spiro atoms. The SMILES string of the molecule is CCC=NNc1cccc([N+](=O)[O-])c1.CCC=O.Cc1c[nH]c2cc([N+](=O)[O-])ccc12.Cc1cn(Cc2ccc(Cl)cc2)c2cc(N)ccc12.Cc1cn(Cc2ccc(Cl)cc2)c2cc(NS(C)(=O)=O)ccc12.Cc1cn(Cc2ccc(Cl)cc2)c2cc([N+](=O)[O-])ccc12.Cl.ClCCl.Clc1ccc(CBr)cc1.NNc1cccc([N+](=O)[O-])c1.O=[P+]([O-])OO.[H-].[HH].[Na+]. The summed E-state index contributed by atoms with van der Waals surface area (Å²) in [7, 11) is -6.33. The van der Waals surface area contributed by atoms with Gasteiger partial charge in [0.25, 0.3) is 22.7 Å². The van der Waals surface area contributed by atoms with E-state index < -0.39 is 33.0 Å². The number of nitrogens with two attached hydrogens (primary N) is 2. The molecule has 0 saturated carbocycles. The van der Waals surface area contributed by atoms with Crippen LogP contribution in [-0.4, -0.2) is 76.1 Å². The molecule has 0 aliphatic rings. The Kier molecular flexibility index (Phi) is 48.8. The molecule has 1 atom stereocenters. The molecule has 0 aliphatic carbocycles. The Morgan fingerprint density at radius 1 is 0.548 bits per heavy atom. The molecule has 14 rings (SSSR count). The van der Waals surface area contributed by atoms with Gasteiger partial charge in [0.15, 0.2) is 0 Å². The van der Waals surface area contributed by atoms with Crippen LogP contribution in [0.15, 0.2) is 248 Å². The molecule has 40 heteroatoms. The molecule has 0 aliphatic heterocycles. The van der Waals surface area contributed by atoms with Crippen LogP contribution in [0, 0.1) is 68.2 Å². The normalized spacial score (nSPS) is 10.3. The fraction of sp³-hybridized carbons (Fsp3) is 0.167. The second-order valence-corrected chi connectivity index (χ2v) is 31.3. The number of aromatic amines is 1. The van der Waals surface area contributed by atoms with Crippen LogP contribution in [0.4, 0.5) is 45.5 Å². The molecule has 10 aromatic carbocycles. The van der Waals surface area contributed by atoms with E-state index >= 15 is 0 Å². The van der Waals surface area contributed by atoms with Crippen molar-refractivity contribution in [2.45, 2.75) is 79.3 Å². The van der Waals surface area contributed by atoms with Crippen molar-refractivity contribution < 1.29 is 84.7 Å². The zero-order valence-electron chi connectivity index (χ0n) is 69.0. The summed E-state index contributed by atoms with van der Waals surface area (Å²) >= 11 is 36.2. The molecule has 9 N–H and O–H groups in total. The van der Waals surface area contributed by atoms with Gasteiger partial charge in [0.2, 0.25) is 10.0 Å². The third-order valence-electron chi connectivity index (χ3n) is 16.7. The molecule has 0 saturated heterocycles. The Hall–Kier alpha value is -10.1. The summed E-state index contributed by atoms with van der Waals surface area (Å²) in [6.07, 6.45) is 13.3. The summed E-state index contributed by atoms with van der Waals surface area (Å²) in [5.74, 6) is 5.05. The Morgan fingerprint density at radius 3 is 1.28 bits per heavy atom. The number of nitro benzene ring substituents is 4. The molecular formula is C84H90BrCl7N14NaO15PS. The number of benzene rings is 10. The number of alkyl halides is 3. The van der Waals surface area contributed by atoms with Crippen molar-refractivity contribution in [3.05, 3.63) is 348 Å². The van der Waals surface area contributed by atoms with Gasteiger partial charge in [-0.05, 0) is 180 Å². The monoisotopic (exact) mass is 1940 g/mol. The molecule has 1 unspecified atom stereocenters. The largest absolute Gasteiger partial charge is 1.00 e. The summed E-state index contributed by atoms with van der Waals surface area (Å²) in [6, 6.07) is 64.7. The molecule has 14 aromatic rings. The number of nitrogen functional groups attached to an aromatic ring is 2. The number of non-ortho nitro benzene ring substituents is 4. The summed E-state index contributed by atoms with van der Waals surface area (Å²) in [5, 5.41) is 61.4. The van der Waals surface area contributed by atoms with Crippen molar-refractivity contribution in [3.8, 4) is 0 Å². The van der Waals surface area contributed by atoms with Crippen LogP contribution >= 0.6 is 106 Å². The molecule has 0 bridgehead atoms. The van der Waals surface area contributed by atoms with E-state index in [1.165, 1.54) is 57.9 Å². The molecular weight excluding hydrogens is 1860 g/mol. The molecule has 4 heterocycles. The van der Waals surface area contributed by atoms with Crippen molar-refractivity contribution in [2.75, 3.05) is 32.9 Å². The number of hydrazine groups is 1. The van der Waals surface area contributed by atoms with Crippen LogP contribution in [0.5, 0.6) is 0 Å². The first kappa shape index (κ1) is 108. The summed E-state index contributed by atoms with van der Waals surface area (Å²) in [6.45, 7) is 14.1. The summed E-state index contributed by atoms with van der Waals surface area (Å²) in [4.78, 5) is 61.4. The van der Waals surface area contributed by atoms with E-state index in [1.54, 1.807) is 66.9 Å². The molecule has 4 aromatic heterocycles. The second-order valence-electron chi connectivity index (χ2n) is 25.8. The number of sulfonamides is 1. The van der Waals surface area contributed by atoms with Crippen LogP contribution in [-0.2, 0) is 49.0 Å². The quantitative estimate of drug-likeness (QED) is 0.00378. The predicted molar refractivity (Wildman–Crippen MR) is 506 cm³/mol. The number of fused-ring (bicyclic) bond motifs is 4. The van der Waals surface area contributed by atoms with Gasteiger partial charge in [-0.15, -0.1) is 35.6 Å². The van der Waals surface area contributed by atoms with E-state index in [0.717, 1.165) is 107 Å². The van der Waals surface area contributed by atoms with E-state index in [4.69, 9.17) is 95.9 Å². The zero-order valence-corrected chi connectivity index (χ0v) is 78.7. The summed E-state index contributed by atoms with van der Waals surface area (Å²) < 4.78 is 43.4. The minimum atomic E-state index is -3.29. The van der Waals surface area contributed by atoms with E-state index in [-0.39, 0.29) is 77.8 Å². The van der Waals surface area contributed by atoms with Crippen LogP contribution in [0.3, 0.4) is 0 Å². The van der Waals surface area contributed by atoms with Gasteiger partial charge in [0.05, 0.1) is 70.4 Å². The number of hydrogen-bond acceptors (Lipinski definition) is 20. The Bertz CT molecular complexity index is 5960. The molecule has 0 radical (unpaired) electrons. The van der Waals surface area contributed by atoms with Crippen molar-refractivity contribution in [3.63, 3.8) is 0 Å². The van der Waals surface area contributed by atoms with Gasteiger partial charge in [-0.3, -0.25) is 56.4 Å². The third-order valence-corrected chi connectivity index (χ3v) is 19.1. The van der Waals surface area contributed by atoms with Gasteiger partial charge in [-0.25, -0.2) is 13.7 Å². The van der Waals surface area contributed by atoms with Crippen LogP contribution in [0.2, 0.25) is 20.1 Å². The van der Waals surface area contributed by atoms with Crippen molar-refractivity contribution >= 4 is 218 Å². The fourth-order valence-electron chi connectivity index (χ4n) is 11.1. The Labute approximate surface area is 785 Å². The van der Waals surface area contributed by atoms with Crippen LogP contribution in [0.25, 0.3) is 43.6 Å². The first-order chi connectivity index (χ1) is 58.1. The number of carbonyl (C=O) groups is 1. The predicted octanol–water partition coefficient (Wildman–Crippen LogP) is 21.0. The zero-order chi connectivity index (χ0) is 90.2. The maximum atomic E-state index is 11.4. The number of aryl methyl sites for hydroxylation is 4. The molecule has 654 valence electrons. The van der Waals surface area contributed by atoms with E-state index in [9.17, 15) is 53.7 Å². The molecule has 0 amide bonds. The number of nitrogens with one attached hydrogen (secondary N) is 4. The van der Waals surface area contributed by atoms with Crippen LogP contribution < -0.4 is 61.6 Å². The number of nitro groups is 4. The maximum absolute atomic E-state index is 11.4. The Morgan fingerprint density at radius 2 is 0.903 bits per heavy atom. The number of rotatable bonds is 19. The minimum absolute atomic E-state index is 0. The van der Waals surface area contributed by atoms with E-state index in [0.29, 0.717) is 46.6 Å². The number of nitrogens with zero attached hydrogens (tertiary/aromatic N) is 8.